The summed E-state index contributed by atoms with van der Waals surface area (Å²) in [6.07, 6.45) is 3.21. The Morgan fingerprint density at radius 2 is 1.85 bits per heavy atom. The van der Waals surface area contributed by atoms with Crippen molar-refractivity contribution in [3.63, 3.8) is 0 Å². The maximum Gasteiger partial charge on any atom is 0.227 e. The third-order valence-corrected chi connectivity index (χ3v) is 2.99. The summed E-state index contributed by atoms with van der Waals surface area (Å²) in [4.78, 5) is 8.63. The number of hydrogen-bond donors (Lipinski definition) is 1. The van der Waals surface area contributed by atoms with Crippen LogP contribution in [0.2, 0.25) is 0 Å². The molecule has 0 amide bonds. The van der Waals surface area contributed by atoms with Crippen LogP contribution in [0.4, 0.5) is 5.69 Å². The summed E-state index contributed by atoms with van der Waals surface area (Å²) in [7, 11) is 0. The third kappa shape index (κ3) is 2.66. The molecule has 0 bridgehead atoms. The Hall–Kier alpha value is -2.69. The molecule has 0 fully saturated rings. The van der Waals surface area contributed by atoms with Gasteiger partial charge in [-0.3, -0.25) is 4.98 Å². The average molecular weight is 266 g/mol. The highest BCUT2D eigenvalue weighted by Crippen LogP contribution is 2.22. The van der Waals surface area contributed by atoms with E-state index in [9.17, 15) is 0 Å². The molecule has 0 spiro atoms. The minimum Gasteiger partial charge on any atom is -0.398 e. The van der Waals surface area contributed by atoms with Gasteiger partial charge >= 0.3 is 0 Å². The van der Waals surface area contributed by atoms with Crippen LogP contribution in [-0.4, -0.2) is 15.1 Å². The monoisotopic (exact) mass is 266 g/mol. The van der Waals surface area contributed by atoms with Gasteiger partial charge in [-0.2, -0.15) is 4.98 Å². The smallest absolute Gasteiger partial charge is 0.227 e. The van der Waals surface area contributed by atoms with Gasteiger partial charge in [0.1, 0.15) is 0 Å². The van der Waals surface area contributed by atoms with Crippen LogP contribution in [0.25, 0.3) is 11.4 Å². The summed E-state index contributed by atoms with van der Waals surface area (Å²) >= 11 is 0. The van der Waals surface area contributed by atoms with E-state index in [1.807, 2.05) is 42.5 Å². The molecule has 0 aliphatic heterocycles. The molecule has 0 aliphatic carbocycles. The van der Waals surface area contributed by atoms with E-state index >= 15 is 0 Å². The number of aromatic nitrogens is 3. The zero-order valence-corrected chi connectivity index (χ0v) is 10.9. The predicted octanol–water partition coefficient (Wildman–Crippen LogP) is 2.50. The summed E-state index contributed by atoms with van der Waals surface area (Å²) in [5, 5.41) is 3.97. The standard InChI is InChI=1S/C15H14N4O/c16-13-7-2-1-6-12(13)15-18-14(20-19-15)9-8-11-5-3-4-10-17-11/h1-7,10H,8-9,16H2. The van der Waals surface area contributed by atoms with E-state index in [2.05, 4.69) is 15.1 Å². The number of aryl methyl sites for hydroxylation is 2. The summed E-state index contributed by atoms with van der Waals surface area (Å²) in [5.41, 5.74) is 8.34. The molecule has 5 nitrogen and oxygen atoms in total. The number of hydrogen-bond acceptors (Lipinski definition) is 5. The second-order valence-electron chi connectivity index (χ2n) is 4.42. The third-order valence-electron chi connectivity index (χ3n) is 2.99. The molecule has 0 aliphatic rings. The van der Waals surface area contributed by atoms with Crippen LogP contribution >= 0.6 is 0 Å². The van der Waals surface area contributed by atoms with Crippen LogP contribution in [0.3, 0.4) is 0 Å². The number of nitrogen functional groups attached to an aromatic ring is 1. The molecule has 0 saturated heterocycles. The fraction of sp³-hybridized carbons (Fsp3) is 0.133. The summed E-state index contributed by atoms with van der Waals surface area (Å²) in [6.45, 7) is 0. The van der Waals surface area contributed by atoms with Crippen LogP contribution < -0.4 is 5.73 Å². The van der Waals surface area contributed by atoms with Crippen molar-refractivity contribution in [1.82, 2.24) is 15.1 Å². The van der Waals surface area contributed by atoms with Gasteiger partial charge in [0.2, 0.25) is 11.7 Å². The van der Waals surface area contributed by atoms with Crippen LogP contribution in [0.1, 0.15) is 11.6 Å². The first kappa shape index (κ1) is 12.3. The lowest BCUT2D eigenvalue weighted by Crippen LogP contribution is -1.94. The molecule has 0 saturated carbocycles. The quantitative estimate of drug-likeness (QED) is 0.734. The largest absolute Gasteiger partial charge is 0.398 e. The molecule has 2 heterocycles. The van der Waals surface area contributed by atoms with Crippen molar-refractivity contribution in [2.45, 2.75) is 12.8 Å². The van der Waals surface area contributed by atoms with E-state index in [1.54, 1.807) is 6.20 Å². The number of rotatable bonds is 4. The lowest BCUT2D eigenvalue weighted by Gasteiger charge is -1.98. The number of nitrogens with zero attached hydrogens (tertiary/aromatic N) is 3. The highest BCUT2D eigenvalue weighted by atomic mass is 16.5. The van der Waals surface area contributed by atoms with Gasteiger partial charge in [-0.05, 0) is 30.7 Å². The van der Waals surface area contributed by atoms with Crippen LogP contribution in [0.5, 0.6) is 0 Å². The van der Waals surface area contributed by atoms with Gasteiger partial charge in [0.25, 0.3) is 0 Å². The Labute approximate surface area is 116 Å². The molecule has 2 N–H and O–H groups in total. The van der Waals surface area contributed by atoms with Crippen molar-refractivity contribution >= 4 is 5.69 Å². The van der Waals surface area contributed by atoms with Crippen molar-refractivity contribution in [1.29, 1.82) is 0 Å². The second kappa shape index (κ2) is 5.52. The van der Waals surface area contributed by atoms with Gasteiger partial charge in [-0.15, -0.1) is 0 Å². The first-order valence-corrected chi connectivity index (χ1v) is 6.40. The topological polar surface area (TPSA) is 77.8 Å². The molecule has 3 rings (SSSR count). The molecule has 1 aromatic carbocycles. The normalized spacial score (nSPS) is 10.6. The molecule has 100 valence electrons. The van der Waals surface area contributed by atoms with E-state index in [-0.39, 0.29) is 0 Å². The number of nitrogens with two attached hydrogens (primary N) is 1. The van der Waals surface area contributed by atoms with Gasteiger partial charge in [0.05, 0.1) is 0 Å². The van der Waals surface area contributed by atoms with Gasteiger partial charge in [0.15, 0.2) is 0 Å². The van der Waals surface area contributed by atoms with E-state index in [0.29, 0.717) is 23.8 Å². The molecule has 5 heteroatoms. The van der Waals surface area contributed by atoms with Crippen molar-refractivity contribution in [3.05, 3.63) is 60.2 Å². The van der Waals surface area contributed by atoms with E-state index in [1.165, 1.54) is 0 Å². The Morgan fingerprint density at radius 1 is 1.00 bits per heavy atom. The minimum absolute atomic E-state index is 0.527. The number of para-hydroxylation sites is 1. The highest BCUT2D eigenvalue weighted by molar-refractivity contribution is 5.70. The lowest BCUT2D eigenvalue weighted by molar-refractivity contribution is 0.378. The van der Waals surface area contributed by atoms with E-state index < -0.39 is 0 Å². The van der Waals surface area contributed by atoms with Crippen molar-refractivity contribution < 1.29 is 4.52 Å². The first-order chi connectivity index (χ1) is 9.83. The minimum atomic E-state index is 0.527. The molecule has 0 atom stereocenters. The Kier molecular flexibility index (Phi) is 3.41. The van der Waals surface area contributed by atoms with Gasteiger partial charge in [0, 0.05) is 29.6 Å². The Balaban J connectivity index is 1.73. The van der Waals surface area contributed by atoms with Gasteiger partial charge < -0.3 is 10.3 Å². The fourth-order valence-electron chi connectivity index (χ4n) is 1.95. The lowest BCUT2D eigenvalue weighted by atomic mass is 10.2. The Morgan fingerprint density at radius 3 is 2.65 bits per heavy atom. The summed E-state index contributed by atoms with van der Waals surface area (Å²) in [5.74, 6) is 1.12. The second-order valence-corrected chi connectivity index (χ2v) is 4.42. The van der Waals surface area contributed by atoms with Gasteiger partial charge in [-0.25, -0.2) is 0 Å². The van der Waals surface area contributed by atoms with E-state index in [4.69, 9.17) is 10.3 Å². The van der Waals surface area contributed by atoms with Crippen LogP contribution in [0, 0.1) is 0 Å². The number of benzene rings is 1. The SMILES string of the molecule is Nc1ccccc1-c1noc(CCc2ccccn2)n1. The first-order valence-electron chi connectivity index (χ1n) is 6.40. The fourth-order valence-corrected chi connectivity index (χ4v) is 1.95. The molecule has 20 heavy (non-hydrogen) atoms. The van der Waals surface area contributed by atoms with Gasteiger partial charge in [-0.1, -0.05) is 23.4 Å². The number of anilines is 1. The molecular formula is C15H14N4O. The molecule has 3 aromatic rings. The van der Waals surface area contributed by atoms with E-state index in [0.717, 1.165) is 17.7 Å². The maximum absolute atomic E-state index is 5.90. The highest BCUT2D eigenvalue weighted by Gasteiger charge is 2.10. The zero-order valence-electron chi connectivity index (χ0n) is 10.9. The predicted molar refractivity (Wildman–Crippen MR) is 75.8 cm³/mol. The maximum atomic E-state index is 5.90. The molecule has 0 unspecified atom stereocenters. The Bertz CT molecular complexity index is 694. The molecular weight excluding hydrogens is 252 g/mol. The number of pyridine rings is 1. The zero-order chi connectivity index (χ0) is 13.8. The molecule has 2 aromatic heterocycles. The summed E-state index contributed by atoms with van der Waals surface area (Å²) < 4.78 is 5.25. The van der Waals surface area contributed by atoms with Crippen LogP contribution in [0.15, 0.2) is 53.2 Å². The molecule has 0 radical (unpaired) electrons. The average Bonchev–Trinajstić information content (AvgIpc) is 2.95. The summed E-state index contributed by atoms with van der Waals surface area (Å²) in [6, 6.07) is 13.3. The van der Waals surface area contributed by atoms with Crippen LogP contribution in [-0.2, 0) is 12.8 Å². The van der Waals surface area contributed by atoms with Crippen molar-refractivity contribution in [2.75, 3.05) is 5.73 Å². The van der Waals surface area contributed by atoms with Crippen molar-refractivity contribution in [2.24, 2.45) is 0 Å². The van der Waals surface area contributed by atoms with Crippen molar-refractivity contribution in [3.8, 4) is 11.4 Å².